The number of hydrogen-bond acceptors (Lipinski definition) is 2. The van der Waals surface area contributed by atoms with Gasteiger partial charge >= 0.3 is 12.0 Å². The van der Waals surface area contributed by atoms with Crippen molar-refractivity contribution in [1.82, 2.24) is 5.32 Å². The summed E-state index contributed by atoms with van der Waals surface area (Å²) in [5.74, 6) is -1.39. The molecule has 2 unspecified atom stereocenters. The van der Waals surface area contributed by atoms with E-state index < -0.39 is 11.9 Å². The van der Waals surface area contributed by atoms with E-state index in [9.17, 15) is 9.59 Å². The Balaban J connectivity index is 1.92. The first kappa shape index (κ1) is 14.6. The van der Waals surface area contributed by atoms with Crippen LogP contribution in [0.25, 0.3) is 0 Å². The number of aryl methyl sites for hydroxylation is 1. The van der Waals surface area contributed by atoms with E-state index >= 15 is 0 Å². The molecule has 0 saturated carbocycles. The number of aliphatic carboxylic acids is 1. The fourth-order valence-electron chi connectivity index (χ4n) is 2.04. The minimum absolute atomic E-state index is 0.247. The zero-order chi connectivity index (χ0) is 14.7. The van der Waals surface area contributed by atoms with Crippen LogP contribution in [-0.4, -0.2) is 23.1 Å². The number of urea groups is 1. The number of carboxylic acids is 1. The first-order valence-corrected chi connectivity index (χ1v) is 7.00. The van der Waals surface area contributed by atoms with Crippen LogP contribution in [0.1, 0.15) is 12.0 Å². The second kappa shape index (κ2) is 6.09. The van der Waals surface area contributed by atoms with Crippen molar-refractivity contribution >= 4 is 33.6 Å². The monoisotopic (exact) mass is 338 g/mol. The number of rotatable bonds is 3. The topological polar surface area (TPSA) is 78.4 Å². The molecule has 1 aliphatic rings. The van der Waals surface area contributed by atoms with E-state index in [1.165, 1.54) is 0 Å². The molecule has 0 saturated heterocycles. The Morgan fingerprint density at radius 3 is 2.75 bits per heavy atom. The second-order valence-electron chi connectivity index (χ2n) is 4.73. The molecular formula is C14H15BrN2O3. The maximum absolute atomic E-state index is 11.9. The molecule has 0 heterocycles. The van der Waals surface area contributed by atoms with Crippen LogP contribution < -0.4 is 10.6 Å². The molecule has 2 amide bonds. The molecule has 5 nitrogen and oxygen atoms in total. The summed E-state index contributed by atoms with van der Waals surface area (Å²) in [4.78, 5) is 22.7. The summed E-state index contributed by atoms with van der Waals surface area (Å²) in [5, 5.41) is 14.4. The first-order chi connectivity index (χ1) is 9.45. The predicted octanol–water partition coefficient (Wildman–Crippen LogP) is 2.91. The highest BCUT2D eigenvalue weighted by Gasteiger charge is 2.25. The Bertz CT molecular complexity index is 572. The number of carbonyl (C=O) groups is 2. The molecule has 0 radical (unpaired) electrons. The van der Waals surface area contributed by atoms with Gasteiger partial charge in [0.1, 0.15) is 0 Å². The number of benzene rings is 1. The van der Waals surface area contributed by atoms with Gasteiger partial charge in [0.2, 0.25) is 0 Å². The molecule has 1 aromatic carbocycles. The van der Waals surface area contributed by atoms with Crippen molar-refractivity contribution in [1.29, 1.82) is 0 Å². The summed E-state index contributed by atoms with van der Waals surface area (Å²) in [6.07, 6.45) is 3.71. The number of anilines is 1. The van der Waals surface area contributed by atoms with Gasteiger partial charge in [-0.15, -0.1) is 0 Å². The summed E-state index contributed by atoms with van der Waals surface area (Å²) < 4.78 is 0.880. The fourth-order valence-corrected chi connectivity index (χ4v) is 2.41. The van der Waals surface area contributed by atoms with Crippen LogP contribution in [-0.2, 0) is 4.79 Å². The van der Waals surface area contributed by atoms with Crippen molar-refractivity contribution in [3.05, 3.63) is 40.4 Å². The van der Waals surface area contributed by atoms with Crippen LogP contribution >= 0.6 is 15.9 Å². The summed E-state index contributed by atoms with van der Waals surface area (Å²) >= 11 is 3.35. The van der Waals surface area contributed by atoms with E-state index in [1.54, 1.807) is 12.2 Å². The van der Waals surface area contributed by atoms with E-state index in [-0.39, 0.29) is 12.1 Å². The molecule has 6 heteroatoms. The molecule has 0 aliphatic heterocycles. The van der Waals surface area contributed by atoms with E-state index in [0.29, 0.717) is 12.1 Å². The van der Waals surface area contributed by atoms with Gasteiger partial charge in [0.25, 0.3) is 0 Å². The summed E-state index contributed by atoms with van der Waals surface area (Å²) in [6.45, 7) is 1.90. The van der Waals surface area contributed by atoms with Gasteiger partial charge < -0.3 is 15.7 Å². The molecule has 0 aromatic heterocycles. The van der Waals surface area contributed by atoms with Gasteiger partial charge in [-0.05, 0) is 31.0 Å². The molecule has 1 aliphatic carbocycles. The van der Waals surface area contributed by atoms with Crippen molar-refractivity contribution in [3.63, 3.8) is 0 Å². The average Bonchev–Trinajstić information content (AvgIpc) is 2.82. The lowest BCUT2D eigenvalue weighted by Gasteiger charge is -2.14. The van der Waals surface area contributed by atoms with E-state index in [0.717, 1.165) is 10.0 Å². The molecule has 3 N–H and O–H groups in total. The SMILES string of the molecule is Cc1ccc(Br)cc1NC(=O)NC1C=CC(C(=O)O)C1. The third-order valence-electron chi connectivity index (χ3n) is 3.17. The predicted molar refractivity (Wildman–Crippen MR) is 79.7 cm³/mol. The smallest absolute Gasteiger partial charge is 0.319 e. The molecule has 20 heavy (non-hydrogen) atoms. The van der Waals surface area contributed by atoms with Crippen LogP contribution in [0.3, 0.4) is 0 Å². The molecule has 106 valence electrons. The third-order valence-corrected chi connectivity index (χ3v) is 3.66. The highest BCUT2D eigenvalue weighted by atomic mass is 79.9. The van der Waals surface area contributed by atoms with Gasteiger partial charge in [0.05, 0.1) is 12.0 Å². The van der Waals surface area contributed by atoms with Gasteiger partial charge in [-0.25, -0.2) is 4.79 Å². The van der Waals surface area contributed by atoms with Crippen molar-refractivity contribution < 1.29 is 14.7 Å². The Kier molecular flexibility index (Phi) is 4.44. The zero-order valence-corrected chi connectivity index (χ0v) is 12.5. The highest BCUT2D eigenvalue weighted by Crippen LogP contribution is 2.21. The molecule has 0 bridgehead atoms. The Morgan fingerprint density at radius 2 is 2.10 bits per heavy atom. The maximum atomic E-state index is 11.9. The number of amides is 2. The molecule has 1 aromatic rings. The zero-order valence-electron chi connectivity index (χ0n) is 10.9. The van der Waals surface area contributed by atoms with Crippen LogP contribution in [0.5, 0.6) is 0 Å². The quantitative estimate of drug-likeness (QED) is 0.741. The van der Waals surface area contributed by atoms with Crippen molar-refractivity contribution in [3.8, 4) is 0 Å². The van der Waals surface area contributed by atoms with E-state index in [1.807, 2.05) is 25.1 Å². The van der Waals surface area contributed by atoms with Crippen LogP contribution in [0.4, 0.5) is 10.5 Å². The number of carboxylic acid groups (broad SMARTS) is 1. The maximum Gasteiger partial charge on any atom is 0.319 e. The van der Waals surface area contributed by atoms with Crippen molar-refractivity contribution in [2.45, 2.75) is 19.4 Å². The largest absolute Gasteiger partial charge is 0.481 e. The molecular weight excluding hydrogens is 324 g/mol. The molecule has 2 atom stereocenters. The number of carbonyl (C=O) groups excluding carboxylic acids is 1. The summed E-state index contributed by atoms with van der Waals surface area (Å²) in [6, 6.07) is 5.03. The lowest BCUT2D eigenvalue weighted by atomic mass is 10.1. The number of nitrogens with one attached hydrogen (secondary N) is 2. The average molecular weight is 339 g/mol. The van der Waals surface area contributed by atoms with Crippen molar-refractivity contribution in [2.24, 2.45) is 5.92 Å². The highest BCUT2D eigenvalue weighted by molar-refractivity contribution is 9.10. The van der Waals surface area contributed by atoms with Crippen LogP contribution in [0.15, 0.2) is 34.8 Å². The van der Waals surface area contributed by atoms with E-state index in [2.05, 4.69) is 26.6 Å². The normalized spacial score (nSPS) is 20.7. The van der Waals surface area contributed by atoms with Gasteiger partial charge in [0.15, 0.2) is 0 Å². The van der Waals surface area contributed by atoms with Gasteiger partial charge in [-0.2, -0.15) is 0 Å². The van der Waals surface area contributed by atoms with Gasteiger partial charge in [-0.3, -0.25) is 4.79 Å². The fraction of sp³-hybridized carbons (Fsp3) is 0.286. The van der Waals surface area contributed by atoms with Crippen molar-refractivity contribution in [2.75, 3.05) is 5.32 Å². The Labute approximate surface area is 125 Å². The lowest BCUT2D eigenvalue weighted by molar-refractivity contribution is -0.140. The second-order valence-corrected chi connectivity index (χ2v) is 5.65. The number of halogens is 1. The Hall–Kier alpha value is -1.82. The molecule has 2 rings (SSSR count). The van der Waals surface area contributed by atoms with Gasteiger partial charge in [0, 0.05) is 10.2 Å². The standard InChI is InChI=1S/C14H15BrN2O3/c1-8-2-4-10(15)7-12(8)17-14(20)16-11-5-3-9(6-11)13(18)19/h2-5,7,9,11H,6H2,1H3,(H,18,19)(H2,16,17,20). The molecule has 0 fully saturated rings. The summed E-state index contributed by atoms with van der Waals surface area (Å²) in [7, 11) is 0. The molecule has 0 spiro atoms. The summed E-state index contributed by atoms with van der Waals surface area (Å²) in [5.41, 5.74) is 1.67. The first-order valence-electron chi connectivity index (χ1n) is 6.20. The van der Waals surface area contributed by atoms with Crippen LogP contribution in [0.2, 0.25) is 0 Å². The minimum atomic E-state index is -0.867. The minimum Gasteiger partial charge on any atom is -0.481 e. The lowest BCUT2D eigenvalue weighted by Crippen LogP contribution is -2.36. The third kappa shape index (κ3) is 3.60. The van der Waals surface area contributed by atoms with E-state index in [4.69, 9.17) is 5.11 Å². The van der Waals surface area contributed by atoms with Gasteiger partial charge in [-0.1, -0.05) is 34.1 Å². The van der Waals surface area contributed by atoms with Crippen LogP contribution in [0, 0.1) is 12.8 Å². The number of hydrogen-bond donors (Lipinski definition) is 3. The Morgan fingerprint density at radius 1 is 1.35 bits per heavy atom.